The minimum atomic E-state index is -4.49. The van der Waals surface area contributed by atoms with E-state index in [0.29, 0.717) is 27.4 Å². The van der Waals surface area contributed by atoms with E-state index in [2.05, 4.69) is 154 Å². The van der Waals surface area contributed by atoms with Crippen molar-refractivity contribution in [3.05, 3.63) is 68.4 Å². The Hall–Kier alpha value is -2.53. The molecular formula is C36H60B22F4N4O2S. The molecule has 33 heteroatoms. The molecule has 1 heterocycles. The van der Waals surface area contributed by atoms with Crippen LogP contribution in [0.1, 0.15) is 41.8 Å². The Morgan fingerprint density at radius 3 is 1.49 bits per heavy atom. The fourth-order valence-corrected chi connectivity index (χ4v) is 13.6. The summed E-state index contributed by atoms with van der Waals surface area (Å²) in [7, 11) is 44.9. The number of fused-ring (bicyclic) bond motifs is 1. The summed E-state index contributed by atoms with van der Waals surface area (Å²) in [5.74, 6) is -0.113. The summed E-state index contributed by atoms with van der Waals surface area (Å²) in [6.07, 6.45) is -4.49. The molecule has 69 heavy (non-hydrogen) atoms. The third kappa shape index (κ3) is 8.76. The Balaban J connectivity index is 1.91. The number of amides is 1. The second-order valence-corrected chi connectivity index (χ2v) is 24.5. The minimum absolute atomic E-state index is 0.161. The van der Waals surface area contributed by atoms with Crippen LogP contribution in [0.4, 0.5) is 17.6 Å². The fourth-order valence-electron chi connectivity index (χ4n) is 12.5. The van der Waals surface area contributed by atoms with E-state index in [1.807, 2.05) is 15.7 Å². The minimum Gasteiger partial charge on any atom is -0.358 e. The molecule has 1 aromatic heterocycles. The number of benzene rings is 3. The predicted molar refractivity (Wildman–Crippen MR) is 347 cm³/mol. The molecule has 336 valence electrons. The number of likely N-dealkylation sites (N-methyl/N-ethyl adjacent to an activating group) is 1. The van der Waals surface area contributed by atoms with Gasteiger partial charge >= 0.3 is 6.18 Å². The van der Waals surface area contributed by atoms with Gasteiger partial charge in [0.2, 0.25) is 5.91 Å². The van der Waals surface area contributed by atoms with Crippen molar-refractivity contribution in [2.75, 3.05) is 13.1 Å². The van der Waals surface area contributed by atoms with Crippen molar-refractivity contribution in [3.8, 4) is 11.1 Å². The molecule has 1 amide bonds. The number of aromatic nitrogens is 2. The zero-order valence-electron chi connectivity index (χ0n) is 46.5. The van der Waals surface area contributed by atoms with Crippen molar-refractivity contribution < 1.29 is 22.4 Å². The number of halogens is 4. The van der Waals surface area contributed by atoms with Crippen LogP contribution in [0.15, 0.2) is 34.2 Å². The SMILES string of the molecule is Bc1c(B)c(C(F)(F)F)c(B)c(B)c1-c1c(B)c(B)c(C(B)(B)N(C(=O)C(B)(B)n2c(SCc3ccc(F)cc3)nc(=O)c3c2C(B)(B)C(B)(B)C3(B)B)C(B)(B)C(B)(B)N(CC)CC)c(B)c1B. The molecule has 0 spiro atoms. The van der Waals surface area contributed by atoms with Gasteiger partial charge in [0.25, 0.3) is 5.56 Å². The number of nitrogens with zero attached hydrogens (tertiary/aromatic N) is 4. The van der Waals surface area contributed by atoms with Gasteiger partial charge in [0.05, 0.1) is 21.0 Å². The zero-order valence-corrected chi connectivity index (χ0v) is 47.3. The van der Waals surface area contributed by atoms with Crippen LogP contribution in [-0.4, -0.2) is 222 Å². The van der Waals surface area contributed by atoms with Crippen LogP contribution in [0.5, 0.6) is 0 Å². The summed E-state index contributed by atoms with van der Waals surface area (Å²) in [6.45, 7) is 5.77. The molecule has 0 atom stereocenters. The van der Waals surface area contributed by atoms with Crippen molar-refractivity contribution in [1.29, 1.82) is 0 Å². The second-order valence-electron chi connectivity index (χ2n) is 23.6. The van der Waals surface area contributed by atoms with Gasteiger partial charge in [-0.3, -0.25) is 9.59 Å². The Morgan fingerprint density at radius 1 is 0.667 bits per heavy atom. The highest BCUT2D eigenvalue weighted by molar-refractivity contribution is 7.98. The summed E-state index contributed by atoms with van der Waals surface area (Å²) < 4.78 is 59.8. The van der Waals surface area contributed by atoms with Gasteiger partial charge in [0.15, 0.2) is 5.16 Å². The highest BCUT2D eigenvalue weighted by atomic mass is 32.2. The maximum absolute atomic E-state index is 17.0. The van der Waals surface area contributed by atoms with Crippen LogP contribution in [0.2, 0.25) is 5.21 Å². The summed E-state index contributed by atoms with van der Waals surface area (Å²) in [4.78, 5) is 41.0. The lowest BCUT2D eigenvalue weighted by Gasteiger charge is -2.62. The average molecular weight is 927 g/mol. The van der Waals surface area contributed by atoms with Gasteiger partial charge in [0, 0.05) is 27.9 Å². The number of alkyl halides is 3. The molecule has 0 unspecified atom stereocenters. The van der Waals surface area contributed by atoms with Gasteiger partial charge in [-0.05, 0) is 52.6 Å². The first kappa shape index (κ1) is 57.4. The van der Waals surface area contributed by atoms with E-state index >= 15 is 4.79 Å². The van der Waals surface area contributed by atoms with E-state index in [4.69, 9.17) is 4.98 Å². The molecular weight excluding hydrogens is 866 g/mol. The van der Waals surface area contributed by atoms with Gasteiger partial charge in [-0.1, -0.05) is 103 Å². The molecule has 0 saturated carbocycles. The monoisotopic (exact) mass is 931 g/mol. The first-order chi connectivity index (χ1) is 31.2. The third-order valence-corrected chi connectivity index (χ3v) is 19.5. The number of thioether (sulfide) groups is 1. The predicted octanol–water partition coefficient (Wildman–Crippen LogP) is -21.4. The molecule has 3 aromatic carbocycles. The van der Waals surface area contributed by atoms with Gasteiger partial charge in [-0.15, -0.1) is 0 Å². The van der Waals surface area contributed by atoms with Crippen molar-refractivity contribution >= 4 is 234 Å². The molecule has 5 rings (SSSR count). The Morgan fingerprint density at radius 2 is 1.09 bits per heavy atom. The van der Waals surface area contributed by atoms with E-state index in [1.165, 1.54) is 23.9 Å². The molecule has 1 aliphatic carbocycles. The van der Waals surface area contributed by atoms with Crippen molar-refractivity contribution in [2.24, 2.45) is 0 Å². The van der Waals surface area contributed by atoms with E-state index in [0.717, 1.165) is 62.9 Å². The highest BCUT2D eigenvalue weighted by Gasteiger charge is 2.61. The third-order valence-electron chi connectivity index (χ3n) is 18.5. The van der Waals surface area contributed by atoms with Crippen LogP contribution in [-0.2, 0) is 37.8 Å². The quantitative estimate of drug-likeness (QED) is 0.0579. The topological polar surface area (TPSA) is 58.4 Å². The molecule has 4 aromatic rings. The van der Waals surface area contributed by atoms with Crippen LogP contribution in [0.25, 0.3) is 11.1 Å². The normalized spacial score (nSPS) is 15.8. The summed E-state index contributed by atoms with van der Waals surface area (Å²) in [5, 5.41) is -5.10. The van der Waals surface area contributed by atoms with Crippen molar-refractivity contribution in [1.82, 2.24) is 19.4 Å². The van der Waals surface area contributed by atoms with E-state index in [-0.39, 0.29) is 28.2 Å². The fraction of sp³-hybridized carbons (Fsp3) is 0.361. The number of carbonyl (C=O) groups is 1. The van der Waals surface area contributed by atoms with Crippen molar-refractivity contribution in [2.45, 2.75) is 67.9 Å². The number of hydrogen-bond donors (Lipinski definition) is 0. The molecule has 0 saturated heterocycles. The standard InChI is InChI=1S/C36H60B22F4N4O2S/c1-3-64(4-2)35(55,56)36(57,58)66(31(49,50)14-21(41)17(37)12(18(38)22(14)42)13-19(39)23(43)15(33(60,61)62)24(44)20(13)40)27(68)32(51,52)65-25-16(29(45,46)34(53,54)30(25,47)48)26(67)63-28(65)69-9-10-5-7-11(59)8-6-10/h5-8H,3-4,9,37-58H2,1-2H3. The zero-order chi connectivity index (χ0) is 53.1. The Bertz CT molecular complexity index is 2750. The molecule has 1 aliphatic rings. The summed E-state index contributed by atoms with van der Waals surface area (Å²) in [5.41, 5.74) is 9.56. The molecule has 0 radical (unpaired) electrons. The smallest absolute Gasteiger partial charge is 0.358 e. The van der Waals surface area contributed by atoms with Crippen LogP contribution in [0.3, 0.4) is 0 Å². The summed E-state index contributed by atoms with van der Waals surface area (Å²) >= 11 is 1.37. The Labute approximate surface area is 433 Å². The molecule has 0 fully saturated rings. The van der Waals surface area contributed by atoms with Crippen LogP contribution >= 0.6 is 11.8 Å². The first-order valence-electron chi connectivity index (χ1n) is 24.6. The lowest BCUT2D eigenvalue weighted by Crippen LogP contribution is -2.80. The molecule has 6 nitrogen and oxygen atoms in total. The van der Waals surface area contributed by atoms with Gasteiger partial charge in [-0.2, -0.15) is 18.2 Å². The first-order valence-corrected chi connectivity index (χ1v) is 25.6. The number of rotatable bonds is 13. The molecule has 0 N–H and O–H groups in total. The van der Waals surface area contributed by atoms with Gasteiger partial charge < -0.3 is 14.4 Å². The number of carbonyl (C=O) groups excluding carboxylic acids is 1. The van der Waals surface area contributed by atoms with E-state index in [1.54, 1.807) is 43.5 Å². The lowest BCUT2D eigenvalue weighted by molar-refractivity contribution is -0.139. The van der Waals surface area contributed by atoms with Gasteiger partial charge in [-0.25, -0.2) is 4.39 Å². The number of hydrogen-bond acceptors (Lipinski definition) is 5. The van der Waals surface area contributed by atoms with E-state index < -0.39 is 48.7 Å². The second kappa shape index (κ2) is 18.7. The molecule has 0 bridgehead atoms. The maximum Gasteiger partial charge on any atom is 0.415 e. The maximum atomic E-state index is 17.0. The van der Waals surface area contributed by atoms with Gasteiger partial charge in [0.1, 0.15) is 163 Å². The van der Waals surface area contributed by atoms with Crippen LogP contribution in [0, 0.1) is 5.82 Å². The largest absolute Gasteiger partial charge is 0.415 e. The van der Waals surface area contributed by atoms with E-state index in [9.17, 15) is 22.4 Å². The molecule has 0 aliphatic heterocycles. The Kier molecular flexibility index (Phi) is 15.6. The van der Waals surface area contributed by atoms with Crippen LogP contribution < -0.4 is 49.3 Å². The summed E-state index contributed by atoms with van der Waals surface area (Å²) in [6, 6.07) is 6.31. The van der Waals surface area contributed by atoms with Crippen molar-refractivity contribution in [3.63, 3.8) is 0 Å². The lowest BCUT2D eigenvalue weighted by atomic mass is 9.20. The highest BCUT2D eigenvalue weighted by Crippen LogP contribution is 2.58. The average Bonchev–Trinajstić information content (AvgIpc) is 3.32.